The average Bonchev–Trinajstić information content (AvgIpc) is 2.81. The van der Waals surface area contributed by atoms with Gasteiger partial charge in [-0.25, -0.2) is 0 Å². The average molecular weight is 247 g/mol. The van der Waals surface area contributed by atoms with Crippen LogP contribution < -0.4 is 0 Å². The van der Waals surface area contributed by atoms with Gasteiger partial charge in [0, 0.05) is 17.7 Å². The topological polar surface area (TPSA) is 33.1 Å². The minimum atomic E-state index is 0.228. The highest BCUT2D eigenvalue weighted by atomic mass is 32.1. The van der Waals surface area contributed by atoms with E-state index in [4.69, 9.17) is 0 Å². The van der Waals surface area contributed by atoms with Crippen molar-refractivity contribution in [3.63, 3.8) is 0 Å². The first-order valence-corrected chi connectivity index (χ1v) is 6.69. The van der Waals surface area contributed by atoms with Crippen LogP contribution in [0.3, 0.4) is 0 Å². The van der Waals surface area contributed by atoms with Crippen LogP contribution in [0.25, 0.3) is 0 Å². The first-order chi connectivity index (χ1) is 8.28. The fourth-order valence-corrected chi connectivity index (χ4v) is 2.71. The minimum Gasteiger partial charge on any atom is -0.396 e. The molecular weight excluding hydrogens is 230 g/mol. The molecule has 0 bridgehead atoms. The maximum absolute atomic E-state index is 9.44. The molecule has 0 aliphatic carbocycles. The largest absolute Gasteiger partial charge is 0.396 e. The van der Waals surface area contributed by atoms with Crippen LogP contribution in [0.2, 0.25) is 0 Å². The second-order valence-corrected chi connectivity index (χ2v) is 5.38. The van der Waals surface area contributed by atoms with Gasteiger partial charge in [0.15, 0.2) is 0 Å². The van der Waals surface area contributed by atoms with Crippen molar-refractivity contribution in [3.05, 3.63) is 52.0 Å². The van der Waals surface area contributed by atoms with E-state index in [2.05, 4.69) is 36.2 Å². The monoisotopic (exact) mass is 247 g/mol. The lowest BCUT2D eigenvalue weighted by Crippen LogP contribution is -2.12. The van der Waals surface area contributed by atoms with E-state index in [1.54, 1.807) is 11.3 Å². The summed E-state index contributed by atoms with van der Waals surface area (Å²) >= 11 is 1.66. The van der Waals surface area contributed by atoms with E-state index in [1.807, 2.05) is 11.7 Å². The van der Waals surface area contributed by atoms with Crippen LogP contribution in [0.15, 0.2) is 36.0 Å². The maximum Gasteiger partial charge on any atom is 0.0794 e. The highest BCUT2D eigenvalue weighted by molar-refractivity contribution is 7.09. The van der Waals surface area contributed by atoms with Gasteiger partial charge in [-0.05, 0) is 31.2 Å². The van der Waals surface area contributed by atoms with Crippen molar-refractivity contribution >= 4 is 11.3 Å². The quantitative estimate of drug-likeness (QED) is 0.881. The zero-order chi connectivity index (χ0) is 12.1. The Balaban J connectivity index is 2.00. The second-order valence-electron chi connectivity index (χ2n) is 4.41. The van der Waals surface area contributed by atoms with E-state index < -0.39 is 0 Å². The molecule has 0 fully saturated rings. The van der Waals surface area contributed by atoms with E-state index in [-0.39, 0.29) is 12.5 Å². The summed E-state index contributed by atoms with van der Waals surface area (Å²) < 4.78 is 0. The molecule has 0 saturated carbocycles. The standard InChI is InChI=1S/C14H17NOS/c1-11-3-2-4-12(5-11)6-13(9-16)7-14-8-15-10-17-14/h2-5,8,10,13,16H,6-7,9H2,1H3. The Morgan fingerprint density at radius 2 is 2.24 bits per heavy atom. The third-order valence-corrected chi connectivity index (χ3v) is 3.64. The van der Waals surface area contributed by atoms with Gasteiger partial charge in [-0.2, -0.15) is 0 Å². The van der Waals surface area contributed by atoms with E-state index in [0.717, 1.165) is 12.8 Å². The Morgan fingerprint density at radius 1 is 1.35 bits per heavy atom. The molecule has 0 amide bonds. The van der Waals surface area contributed by atoms with Gasteiger partial charge in [0.2, 0.25) is 0 Å². The fraction of sp³-hybridized carbons (Fsp3) is 0.357. The Morgan fingerprint density at radius 3 is 2.88 bits per heavy atom. The Kier molecular flexibility index (Phi) is 4.29. The van der Waals surface area contributed by atoms with Crippen LogP contribution in [0.4, 0.5) is 0 Å². The Bertz CT molecular complexity index is 453. The van der Waals surface area contributed by atoms with Gasteiger partial charge >= 0.3 is 0 Å². The molecule has 1 unspecified atom stereocenters. The smallest absolute Gasteiger partial charge is 0.0794 e. The lowest BCUT2D eigenvalue weighted by molar-refractivity contribution is 0.225. The number of benzene rings is 1. The van der Waals surface area contributed by atoms with Gasteiger partial charge in [-0.3, -0.25) is 4.98 Å². The van der Waals surface area contributed by atoms with Gasteiger partial charge < -0.3 is 5.11 Å². The SMILES string of the molecule is Cc1cccc(CC(CO)Cc2cncs2)c1. The van der Waals surface area contributed by atoms with Crippen molar-refractivity contribution in [1.29, 1.82) is 0 Å². The summed E-state index contributed by atoms with van der Waals surface area (Å²) in [6, 6.07) is 8.49. The van der Waals surface area contributed by atoms with E-state index >= 15 is 0 Å². The van der Waals surface area contributed by atoms with Gasteiger partial charge in [0.05, 0.1) is 5.51 Å². The zero-order valence-corrected chi connectivity index (χ0v) is 10.8. The van der Waals surface area contributed by atoms with Gasteiger partial charge in [0.25, 0.3) is 0 Å². The van der Waals surface area contributed by atoms with E-state index in [9.17, 15) is 5.11 Å². The molecule has 0 aliphatic rings. The number of rotatable bonds is 5. The summed E-state index contributed by atoms with van der Waals surface area (Å²) in [5.41, 5.74) is 4.42. The molecule has 3 heteroatoms. The van der Waals surface area contributed by atoms with Crippen molar-refractivity contribution in [3.8, 4) is 0 Å². The van der Waals surface area contributed by atoms with Crippen molar-refractivity contribution in [2.75, 3.05) is 6.61 Å². The van der Waals surface area contributed by atoms with Crippen molar-refractivity contribution in [1.82, 2.24) is 4.98 Å². The van der Waals surface area contributed by atoms with Crippen molar-refractivity contribution < 1.29 is 5.11 Å². The first-order valence-electron chi connectivity index (χ1n) is 5.81. The highest BCUT2D eigenvalue weighted by Crippen LogP contribution is 2.17. The molecule has 2 rings (SSSR count). The van der Waals surface area contributed by atoms with Crippen LogP contribution in [-0.4, -0.2) is 16.7 Å². The Labute approximate surface area is 106 Å². The summed E-state index contributed by atoms with van der Waals surface area (Å²) in [6.07, 6.45) is 3.73. The lowest BCUT2D eigenvalue weighted by atomic mass is 9.96. The van der Waals surface area contributed by atoms with Gasteiger partial charge in [-0.1, -0.05) is 29.8 Å². The van der Waals surface area contributed by atoms with E-state index in [1.165, 1.54) is 16.0 Å². The summed E-state index contributed by atoms with van der Waals surface area (Å²) in [5.74, 6) is 0.289. The van der Waals surface area contributed by atoms with Crippen molar-refractivity contribution in [2.24, 2.45) is 5.92 Å². The molecule has 0 saturated heterocycles. The summed E-state index contributed by atoms with van der Waals surface area (Å²) in [6.45, 7) is 2.33. The first kappa shape index (κ1) is 12.3. The molecule has 1 aromatic carbocycles. The number of aromatic nitrogens is 1. The summed E-state index contributed by atoms with van der Waals surface area (Å²) in [5, 5.41) is 9.44. The molecule has 2 aromatic rings. The van der Waals surface area contributed by atoms with Crippen LogP contribution in [0.1, 0.15) is 16.0 Å². The number of hydrogen-bond acceptors (Lipinski definition) is 3. The number of nitrogens with zero attached hydrogens (tertiary/aromatic N) is 1. The predicted octanol–water partition coefficient (Wildman–Crippen LogP) is 2.85. The van der Waals surface area contributed by atoms with E-state index in [0.29, 0.717) is 0 Å². The highest BCUT2D eigenvalue weighted by Gasteiger charge is 2.10. The molecule has 1 atom stereocenters. The number of aryl methyl sites for hydroxylation is 1. The molecule has 17 heavy (non-hydrogen) atoms. The molecular formula is C14H17NOS. The number of aliphatic hydroxyl groups excluding tert-OH is 1. The molecule has 0 spiro atoms. The minimum absolute atomic E-state index is 0.228. The number of thiazole rings is 1. The van der Waals surface area contributed by atoms with Gasteiger partial charge in [0.1, 0.15) is 0 Å². The Hall–Kier alpha value is -1.19. The maximum atomic E-state index is 9.44. The van der Waals surface area contributed by atoms with Crippen LogP contribution >= 0.6 is 11.3 Å². The van der Waals surface area contributed by atoms with Crippen LogP contribution in [0.5, 0.6) is 0 Å². The number of hydrogen-bond donors (Lipinski definition) is 1. The summed E-state index contributed by atoms with van der Waals surface area (Å²) in [4.78, 5) is 5.31. The predicted molar refractivity (Wildman–Crippen MR) is 71.3 cm³/mol. The van der Waals surface area contributed by atoms with Crippen LogP contribution in [0, 0.1) is 12.8 Å². The fourth-order valence-electron chi connectivity index (χ4n) is 2.00. The van der Waals surface area contributed by atoms with Gasteiger partial charge in [-0.15, -0.1) is 11.3 Å². The third-order valence-electron chi connectivity index (χ3n) is 2.84. The molecule has 90 valence electrons. The molecule has 1 N–H and O–H groups in total. The molecule has 2 nitrogen and oxygen atoms in total. The molecule has 1 heterocycles. The zero-order valence-electron chi connectivity index (χ0n) is 9.97. The summed E-state index contributed by atoms with van der Waals surface area (Å²) in [7, 11) is 0. The lowest BCUT2D eigenvalue weighted by Gasteiger charge is -2.13. The molecule has 1 aromatic heterocycles. The number of aliphatic hydroxyl groups is 1. The normalized spacial score (nSPS) is 12.6. The van der Waals surface area contributed by atoms with Crippen LogP contribution in [-0.2, 0) is 12.8 Å². The molecule has 0 aliphatic heterocycles. The van der Waals surface area contributed by atoms with Crippen molar-refractivity contribution in [2.45, 2.75) is 19.8 Å². The molecule has 0 radical (unpaired) electrons. The third kappa shape index (κ3) is 3.65. The second kappa shape index (κ2) is 5.94.